The minimum absolute atomic E-state index is 0.0480. The molecule has 9 heteroatoms. The minimum atomic E-state index is -3.84. The van der Waals surface area contributed by atoms with Crippen molar-refractivity contribution >= 4 is 62.6 Å². The maximum atomic E-state index is 12.0. The lowest BCUT2D eigenvalue weighted by Crippen LogP contribution is -2.18. The van der Waals surface area contributed by atoms with E-state index in [0.717, 1.165) is 0 Å². The average molecular weight is 398 g/mol. The van der Waals surface area contributed by atoms with Crippen LogP contribution in [0.5, 0.6) is 0 Å². The van der Waals surface area contributed by atoms with Crippen molar-refractivity contribution < 1.29 is 8.42 Å². The third kappa shape index (κ3) is 4.27. The topological polar surface area (TPSA) is 58.5 Å². The molecule has 0 aromatic heterocycles. The summed E-state index contributed by atoms with van der Waals surface area (Å²) in [5, 5.41) is 4.82. The summed E-state index contributed by atoms with van der Waals surface area (Å²) in [5.74, 6) is 0. The van der Waals surface area contributed by atoms with Crippen molar-refractivity contribution in [3.8, 4) is 0 Å². The van der Waals surface area contributed by atoms with Crippen LogP contribution in [-0.4, -0.2) is 14.6 Å². The Kier molecular flexibility index (Phi) is 5.58. The van der Waals surface area contributed by atoms with E-state index in [9.17, 15) is 8.42 Å². The van der Waals surface area contributed by atoms with Gasteiger partial charge in [-0.2, -0.15) is 13.5 Å². The van der Waals surface area contributed by atoms with Crippen LogP contribution in [0.15, 0.2) is 46.4 Å². The third-order valence-electron chi connectivity index (χ3n) is 2.53. The maximum absolute atomic E-state index is 12.0. The quantitative estimate of drug-likeness (QED) is 0.604. The molecule has 2 rings (SSSR count). The molecule has 0 fully saturated rings. The largest absolute Gasteiger partial charge is 0.276 e. The van der Waals surface area contributed by atoms with Gasteiger partial charge in [-0.3, -0.25) is 0 Å². The lowest BCUT2D eigenvalue weighted by molar-refractivity contribution is 0.584. The van der Waals surface area contributed by atoms with Gasteiger partial charge in [0.25, 0.3) is 10.0 Å². The first kappa shape index (κ1) is 17.4. The molecule has 0 radical (unpaired) electrons. The lowest BCUT2D eigenvalue weighted by Gasteiger charge is -2.04. The fourth-order valence-electron chi connectivity index (χ4n) is 1.46. The maximum Gasteiger partial charge on any atom is 0.276 e. The summed E-state index contributed by atoms with van der Waals surface area (Å²) in [6.07, 6.45) is 1.30. The summed E-state index contributed by atoms with van der Waals surface area (Å²) in [6.45, 7) is 0. The van der Waals surface area contributed by atoms with Gasteiger partial charge in [0.2, 0.25) is 0 Å². The molecule has 1 N–H and O–H groups in total. The number of rotatable bonds is 4. The average Bonchev–Trinajstić information content (AvgIpc) is 2.45. The van der Waals surface area contributed by atoms with Crippen LogP contribution in [0.4, 0.5) is 0 Å². The van der Waals surface area contributed by atoms with Gasteiger partial charge in [0.05, 0.1) is 31.2 Å². The SMILES string of the molecule is O=S(=O)(N/N=C/c1ccc(Cl)c(Cl)c1)c1ccc(Cl)c(Cl)c1. The Labute approximate surface area is 147 Å². The second-order valence-corrected chi connectivity index (χ2v) is 7.39. The van der Waals surface area contributed by atoms with E-state index < -0.39 is 10.0 Å². The molecule has 22 heavy (non-hydrogen) atoms. The highest BCUT2D eigenvalue weighted by Gasteiger charge is 2.14. The fourth-order valence-corrected chi connectivity index (χ4v) is 2.95. The summed E-state index contributed by atoms with van der Waals surface area (Å²) in [5.41, 5.74) is 0.589. The Hall–Kier alpha value is -0.980. The van der Waals surface area contributed by atoms with Crippen molar-refractivity contribution in [2.24, 2.45) is 5.10 Å². The van der Waals surface area contributed by atoms with E-state index in [-0.39, 0.29) is 14.9 Å². The Balaban J connectivity index is 2.16. The number of hydrogen-bond acceptors (Lipinski definition) is 3. The van der Waals surface area contributed by atoms with E-state index in [1.54, 1.807) is 18.2 Å². The standard InChI is InChI=1S/C13H8Cl4N2O2S/c14-10-3-1-8(5-12(10)16)7-18-19-22(20,21)9-2-4-11(15)13(17)6-9/h1-7,19H/b18-7+. The first-order valence-electron chi connectivity index (χ1n) is 5.74. The van der Waals surface area contributed by atoms with E-state index in [1.807, 2.05) is 0 Å². The number of sulfonamides is 1. The van der Waals surface area contributed by atoms with Crippen LogP contribution in [0.25, 0.3) is 0 Å². The zero-order valence-electron chi connectivity index (χ0n) is 10.7. The predicted octanol–water partition coefficient (Wildman–Crippen LogP) is 4.61. The predicted molar refractivity (Wildman–Crippen MR) is 90.8 cm³/mol. The second-order valence-electron chi connectivity index (χ2n) is 4.10. The Morgan fingerprint density at radius 2 is 1.45 bits per heavy atom. The molecule has 0 saturated carbocycles. The summed E-state index contributed by atoms with van der Waals surface area (Å²) < 4.78 is 24.1. The van der Waals surface area contributed by atoms with E-state index in [4.69, 9.17) is 46.4 Å². The molecule has 0 aliphatic carbocycles. The molecule has 0 bridgehead atoms. The van der Waals surface area contributed by atoms with Crippen molar-refractivity contribution in [2.75, 3.05) is 0 Å². The zero-order chi connectivity index (χ0) is 16.3. The van der Waals surface area contributed by atoms with Gasteiger partial charge >= 0.3 is 0 Å². The molecule has 0 heterocycles. The normalized spacial score (nSPS) is 11.8. The molecular weight excluding hydrogens is 390 g/mol. The molecule has 0 aliphatic rings. The summed E-state index contributed by atoms with van der Waals surface area (Å²) in [6, 6.07) is 8.73. The van der Waals surface area contributed by atoms with Gasteiger partial charge in [0.15, 0.2) is 0 Å². The minimum Gasteiger partial charge on any atom is -0.200 e. The summed E-state index contributed by atoms with van der Waals surface area (Å²) in [7, 11) is -3.84. The molecule has 4 nitrogen and oxygen atoms in total. The van der Waals surface area contributed by atoms with Crippen molar-refractivity contribution in [1.29, 1.82) is 0 Å². The lowest BCUT2D eigenvalue weighted by atomic mass is 10.2. The van der Waals surface area contributed by atoms with Crippen LogP contribution in [0, 0.1) is 0 Å². The number of nitrogens with zero attached hydrogens (tertiary/aromatic N) is 1. The van der Waals surface area contributed by atoms with Crippen molar-refractivity contribution in [2.45, 2.75) is 4.90 Å². The van der Waals surface area contributed by atoms with Crippen molar-refractivity contribution in [3.05, 3.63) is 62.1 Å². The van der Waals surface area contributed by atoms with Gasteiger partial charge in [-0.1, -0.05) is 52.5 Å². The smallest absolute Gasteiger partial charge is 0.200 e. The number of benzene rings is 2. The highest BCUT2D eigenvalue weighted by molar-refractivity contribution is 7.89. The fraction of sp³-hybridized carbons (Fsp3) is 0. The van der Waals surface area contributed by atoms with E-state index in [2.05, 4.69) is 9.93 Å². The van der Waals surface area contributed by atoms with E-state index >= 15 is 0 Å². The molecule has 0 unspecified atom stereocenters. The molecule has 116 valence electrons. The Bertz CT molecular complexity index is 838. The van der Waals surface area contributed by atoms with Crippen LogP contribution in [0.1, 0.15) is 5.56 Å². The molecule has 2 aromatic rings. The summed E-state index contributed by atoms with van der Waals surface area (Å²) in [4.78, 5) is 2.02. The molecular formula is C13H8Cl4N2O2S. The van der Waals surface area contributed by atoms with Crippen LogP contribution in [0.3, 0.4) is 0 Å². The number of halogens is 4. The number of nitrogens with one attached hydrogen (secondary N) is 1. The number of hydrazone groups is 1. The van der Waals surface area contributed by atoms with Crippen LogP contribution < -0.4 is 4.83 Å². The first-order chi connectivity index (χ1) is 10.3. The van der Waals surface area contributed by atoms with Gasteiger partial charge in [-0.15, -0.1) is 0 Å². The van der Waals surface area contributed by atoms with Gasteiger partial charge < -0.3 is 0 Å². The van der Waals surface area contributed by atoms with Crippen LogP contribution >= 0.6 is 46.4 Å². The van der Waals surface area contributed by atoms with Crippen molar-refractivity contribution in [1.82, 2.24) is 4.83 Å². The zero-order valence-corrected chi connectivity index (χ0v) is 14.6. The second kappa shape index (κ2) is 7.06. The third-order valence-corrected chi connectivity index (χ3v) is 5.23. The van der Waals surface area contributed by atoms with Gasteiger partial charge in [-0.25, -0.2) is 4.83 Å². The van der Waals surface area contributed by atoms with Crippen molar-refractivity contribution in [3.63, 3.8) is 0 Å². The number of hydrogen-bond donors (Lipinski definition) is 1. The summed E-state index contributed by atoms with van der Waals surface area (Å²) >= 11 is 23.2. The molecule has 0 amide bonds. The van der Waals surface area contributed by atoms with E-state index in [0.29, 0.717) is 15.6 Å². The Morgan fingerprint density at radius 3 is 2.05 bits per heavy atom. The molecule has 0 atom stereocenters. The molecule has 2 aromatic carbocycles. The highest BCUT2D eigenvalue weighted by atomic mass is 35.5. The monoisotopic (exact) mass is 396 g/mol. The van der Waals surface area contributed by atoms with Crippen LogP contribution in [0.2, 0.25) is 20.1 Å². The highest BCUT2D eigenvalue weighted by Crippen LogP contribution is 2.25. The Morgan fingerprint density at radius 1 is 0.864 bits per heavy atom. The molecule has 0 aliphatic heterocycles. The molecule has 0 spiro atoms. The van der Waals surface area contributed by atoms with E-state index in [1.165, 1.54) is 24.4 Å². The first-order valence-corrected chi connectivity index (χ1v) is 8.74. The van der Waals surface area contributed by atoms with Crippen LogP contribution in [-0.2, 0) is 10.0 Å². The molecule has 0 saturated heterocycles. The van der Waals surface area contributed by atoms with Gasteiger partial charge in [0.1, 0.15) is 0 Å². The van der Waals surface area contributed by atoms with Gasteiger partial charge in [-0.05, 0) is 35.9 Å². The van der Waals surface area contributed by atoms with Gasteiger partial charge in [0, 0.05) is 0 Å².